The Balaban J connectivity index is 1.94. The third-order valence-electron chi connectivity index (χ3n) is 3.95. The molecule has 1 amide bonds. The first-order valence-corrected chi connectivity index (χ1v) is 6.75. The fourth-order valence-corrected chi connectivity index (χ4v) is 2.69. The first-order valence-electron chi connectivity index (χ1n) is 6.75. The molecule has 2 atom stereocenters. The van der Waals surface area contributed by atoms with Crippen molar-refractivity contribution >= 4 is 5.91 Å². The molecule has 0 radical (unpaired) electrons. The average Bonchev–Trinajstić information content (AvgIpc) is 3.13. The third kappa shape index (κ3) is 2.80. The van der Waals surface area contributed by atoms with Crippen LogP contribution in [0.2, 0.25) is 0 Å². The molecule has 2 rings (SSSR count). The van der Waals surface area contributed by atoms with Crippen LogP contribution in [0.4, 0.5) is 0 Å². The van der Waals surface area contributed by atoms with Gasteiger partial charge in [-0.25, -0.2) is 0 Å². The van der Waals surface area contributed by atoms with E-state index in [0.717, 1.165) is 38.8 Å². The Kier molecular flexibility index (Phi) is 3.73. The van der Waals surface area contributed by atoms with Crippen molar-refractivity contribution in [3.63, 3.8) is 0 Å². The maximum Gasteiger partial charge on any atom is 0.242 e. The zero-order valence-electron chi connectivity index (χ0n) is 10.9. The third-order valence-corrected chi connectivity index (χ3v) is 3.95. The number of likely N-dealkylation sites (tertiary alicyclic amines) is 1. The first-order chi connectivity index (χ1) is 8.05. The van der Waals surface area contributed by atoms with Gasteiger partial charge in [-0.15, -0.1) is 0 Å². The molecular formula is C13H24N2O2. The van der Waals surface area contributed by atoms with Gasteiger partial charge in [-0.3, -0.25) is 4.79 Å². The van der Waals surface area contributed by atoms with Gasteiger partial charge >= 0.3 is 0 Å². The lowest BCUT2D eigenvalue weighted by atomic mass is 9.94. The predicted octanol–water partition coefficient (Wildman–Crippen LogP) is 1.14. The molecule has 2 N–H and O–H groups in total. The van der Waals surface area contributed by atoms with Gasteiger partial charge in [-0.1, -0.05) is 0 Å². The van der Waals surface area contributed by atoms with E-state index >= 15 is 0 Å². The average molecular weight is 240 g/mol. The monoisotopic (exact) mass is 240 g/mol. The lowest BCUT2D eigenvalue weighted by Crippen LogP contribution is -2.57. The summed E-state index contributed by atoms with van der Waals surface area (Å²) in [5, 5.41) is 0. The summed E-state index contributed by atoms with van der Waals surface area (Å²) in [5.74, 6) is 0.506. The number of nitrogens with two attached hydrogens (primary N) is 1. The Labute approximate surface area is 103 Å². The maximum atomic E-state index is 12.4. The van der Waals surface area contributed by atoms with E-state index in [9.17, 15) is 4.79 Å². The molecule has 0 bridgehead atoms. The zero-order valence-corrected chi connectivity index (χ0v) is 10.9. The number of nitrogens with zero attached hydrogens (tertiary/aromatic N) is 1. The second-order valence-corrected chi connectivity index (χ2v) is 5.53. The number of rotatable bonds is 4. The van der Waals surface area contributed by atoms with Crippen molar-refractivity contribution in [1.29, 1.82) is 0 Å². The summed E-state index contributed by atoms with van der Waals surface area (Å²) in [4.78, 5) is 14.3. The molecule has 1 heterocycles. The van der Waals surface area contributed by atoms with Crippen molar-refractivity contribution in [3.05, 3.63) is 0 Å². The molecule has 0 aromatic carbocycles. The lowest BCUT2D eigenvalue weighted by Gasteiger charge is -2.37. The van der Waals surface area contributed by atoms with Crippen LogP contribution in [-0.4, -0.2) is 42.1 Å². The number of hydrogen-bond acceptors (Lipinski definition) is 3. The number of ether oxygens (including phenoxy) is 1. The topological polar surface area (TPSA) is 55.6 Å². The summed E-state index contributed by atoms with van der Waals surface area (Å²) in [6.07, 6.45) is 4.48. The Bertz CT molecular complexity index is 285. The largest absolute Gasteiger partial charge is 0.377 e. The van der Waals surface area contributed by atoms with E-state index in [-0.39, 0.29) is 12.0 Å². The van der Waals surface area contributed by atoms with Crippen molar-refractivity contribution in [1.82, 2.24) is 4.90 Å². The molecule has 0 aromatic heterocycles. The second-order valence-electron chi connectivity index (χ2n) is 5.53. The Morgan fingerprint density at radius 2 is 2.18 bits per heavy atom. The van der Waals surface area contributed by atoms with Gasteiger partial charge in [-0.2, -0.15) is 0 Å². The normalized spacial score (nSPS) is 28.9. The van der Waals surface area contributed by atoms with E-state index in [0.29, 0.717) is 12.5 Å². The van der Waals surface area contributed by atoms with Gasteiger partial charge in [0.25, 0.3) is 0 Å². The molecule has 1 saturated heterocycles. The molecule has 2 unspecified atom stereocenters. The van der Waals surface area contributed by atoms with Crippen LogP contribution in [-0.2, 0) is 9.53 Å². The van der Waals surface area contributed by atoms with Gasteiger partial charge in [0.05, 0.1) is 11.6 Å². The van der Waals surface area contributed by atoms with Gasteiger partial charge in [0.2, 0.25) is 5.91 Å². The highest BCUT2D eigenvalue weighted by molar-refractivity contribution is 5.86. The second kappa shape index (κ2) is 4.94. The Hall–Kier alpha value is -0.610. The molecule has 1 aliphatic heterocycles. The fraction of sp³-hybridized carbons (Fsp3) is 0.923. The number of carbonyl (C=O) groups excluding carboxylic acids is 1. The van der Waals surface area contributed by atoms with Gasteiger partial charge in [0.15, 0.2) is 0 Å². The molecule has 1 saturated carbocycles. The highest BCUT2D eigenvalue weighted by Crippen LogP contribution is 2.39. The highest BCUT2D eigenvalue weighted by Gasteiger charge is 2.46. The molecule has 0 spiro atoms. The van der Waals surface area contributed by atoms with Gasteiger partial charge in [-0.05, 0) is 45.4 Å². The van der Waals surface area contributed by atoms with Crippen LogP contribution in [0.15, 0.2) is 0 Å². The summed E-state index contributed by atoms with van der Waals surface area (Å²) in [5.41, 5.74) is 5.53. The smallest absolute Gasteiger partial charge is 0.242 e. The molecule has 2 aliphatic rings. The molecule has 2 fully saturated rings. The van der Waals surface area contributed by atoms with Gasteiger partial charge < -0.3 is 15.4 Å². The van der Waals surface area contributed by atoms with Crippen LogP contribution < -0.4 is 5.73 Å². The summed E-state index contributed by atoms with van der Waals surface area (Å²) >= 11 is 0. The van der Waals surface area contributed by atoms with E-state index in [4.69, 9.17) is 10.5 Å². The van der Waals surface area contributed by atoms with Crippen molar-refractivity contribution < 1.29 is 9.53 Å². The number of amides is 1. The van der Waals surface area contributed by atoms with Crippen molar-refractivity contribution in [2.45, 2.75) is 51.2 Å². The standard InChI is InChI=1S/C13H24N2O2/c1-3-17-11-5-4-8-15(9-11)12(16)13(2,14)10-6-7-10/h10-11H,3-9,14H2,1-2H3. The molecular weight excluding hydrogens is 216 g/mol. The zero-order chi connectivity index (χ0) is 12.5. The predicted molar refractivity (Wildman–Crippen MR) is 66.5 cm³/mol. The summed E-state index contributed by atoms with van der Waals surface area (Å²) < 4.78 is 5.62. The number of piperidine rings is 1. The number of hydrogen-bond donors (Lipinski definition) is 1. The van der Waals surface area contributed by atoms with Crippen LogP contribution in [0.3, 0.4) is 0 Å². The van der Waals surface area contributed by atoms with E-state index in [2.05, 4.69) is 0 Å². The van der Waals surface area contributed by atoms with Crippen LogP contribution in [0.25, 0.3) is 0 Å². The van der Waals surface area contributed by atoms with E-state index in [1.54, 1.807) is 0 Å². The quantitative estimate of drug-likeness (QED) is 0.801. The molecule has 4 heteroatoms. The molecule has 4 nitrogen and oxygen atoms in total. The molecule has 1 aliphatic carbocycles. The minimum atomic E-state index is -0.659. The van der Waals surface area contributed by atoms with Crippen LogP contribution >= 0.6 is 0 Å². The van der Waals surface area contributed by atoms with Gasteiger partial charge in [0, 0.05) is 19.7 Å². The minimum absolute atomic E-state index is 0.115. The minimum Gasteiger partial charge on any atom is -0.377 e. The summed E-state index contributed by atoms with van der Waals surface area (Å²) in [6, 6.07) is 0. The fourth-order valence-electron chi connectivity index (χ4n) is 2.69. The van der Waals surface area contributed by atoms with Crippen LogP contribution in [0.5, 0.6) is 0 Å². The van der Waals surface area contributed by atoms with E-state index in [1.807, 2.05) is 18.7 Å². The molecule has 0 aromatic rings. The van der Waals surface area contributed by atoms with Crippen LogP contribution in [0.1, 0.15) is 39.5 Å². The van der Waals surface area contributed by atoms with Crippen molar-refractivity contribution in [2.24, 2.45) is 11.7 Å². The van der Waals surface area contributed by atoms with Crippen molar-refractivity contribution in [3.8, 4) is 0 Å². The Morgan fingerprint density at radius 1 is 1.47 bits per heavy atom. The van der Waals surface area contributed by atoms with Gasteiger partial charge in [0.1, 0.15) is 0 Å². The van der Waals surface area contributed by atoms with E-state index in [1.165, 1.54) is 0 Å². The Morgan fingerprint density at radius 3 is 2.76 bits per heavy atom. The summed E-state index contributed by atoms with van der Waals surface area (Å²) in [6.45, 7) is 6.15. The first kappa shape index (κ1) is 12.8. The lowest BCUT2D eigenvalue weighted by molar-refractivity contribution is -0.141. The summed E-state index contributed by atoms with van der Waals surface area (Å²) in [7, 11) is 0. The highest BCUT2D eigenvalue weighted by atomic mass is 16.5. The van der Waals surface area contributed by atoms with Crippen LogP contribution in [0, 0.1) is 5.92 Å². The number of carbonyl (C=O) groups is 1. The van der Waals surface area contributed by atoms with E-state index < -0.39 is 5.54 Å². The SMILES string of the molecule is CCOC1CCCN(C(=O)C(C)(N)C2CC2)C1. The maximum absolute atomic E-state index is 12.4. The molecule has 98 valence electrons. The molecule has 17 heavy (non-hydrogen) atoms. The van der Waals surface area contributed by atoms with Crippen molar-refractivity contribution in [2.75, 3.05) is 19.7 Å².